The Morgan fingerprint density at radius 1 is 1.21 bits per heavy atom. The summed E-state index contributed by atoms with van der Waals surface area (Å²) in [7, 11) is 0. The van der Waals surface area contributed by atoms with E-state index in [1.54, 1.807) is 12.1 Å². The minimum absolute atomic E-state index is 0.212. The van der Waals surface area contributed by atoms with Gasteiger partial charge in [-0.15, -0.1) is 0 Å². The van der Waals surface area contributed by atoms with Crippen molar-refractivity contribution in [1.29, 1.82) is 0 Å². The maximum atomic E-state index is 12.9. The number of halogens is 1. The van der Waals surface area contributed by atoms with Crippen molar-refractivity contribution in [2.45, 2.75) is 13.1 Å². The van der Waals surface area contributed by atoms with Gasteiger partial charge in [0.2, 0.25) is 5.95 Å². The highest BCUT2D eigenvalue weighted by atomic mass is 19.1. The van der Waals surface area contributed by atoms with Gasteiger partial charge >= 0.3 is 0 Å². The first kappa shape index (κ1) is 11.8. The van der Waals surface area contributed by atoms with Crippen LogP contribution in [0.25, 0.3) is 0 Å². The monoisotopic (exact) mass is 257 g/mol. The number of fused-ring (bicyclic) bond motifs is 1. The first-order valence-electron chi connectivity index (χ1n) is 5.99. The highest BCUT2D eigenvalue weighted by molar-refractivity contribution is 6.03. The van der Waals surface area contributed by atoms with E-state index >= 15 is 0 Å². The standard InChI is InChI=1S/C14H12FN3O/c15-12-2-1-3-13(17-12)18-14(19)9-4-5-10-7-16-8-11(10)6-9/h1-6,16H,7-8H2,(H,17,18,19). The molecule has 2 aromatic rings. The Hall–Kier alpha value is -2.27. The minimum atomic E-state index is -0.615. The van der Waals surface area contributed by atoms with Crippen LogP contribution in [0.4, 0.5) is 10.2 Å². The molecule has 0 saturated carbocycles. The van der Waals surface area contributed by atoms with Crippen molar-refractivity contribution < 1.29 is 9.18 Å². The largest absolute Gasteiger partial charge is 0.309 e. The Bertz CT molecular complexity index is 642. The topological polar surface area (TPSA) is 54.0 Å². The molecular weight excluding hydrogens is 245 g/mol. The zero-order valence-electron chi connectivity index (χ0n) is 10.1. The second-order valence-electron chi connectivity index (χ2n) is 4.39. The van der Waals surface area contributed by atoms with Crippen molar-refractivity contribution >= 4 is 11.7 Å². The molecule has 1 aromatic heterocycles. The summed E-state index contributed by atoms with van der Waals surface area (Å²) in [5.74, 6) is -0.688. The van der Waals surface area contributed by atoms with E-state index < -0.39 is 5.95 Å². The summed E-state index contributed by atoms with van der Waals surface area (Å²) in [6.45, 7) is 1.61. The molecule has 96 valence electrons. The minimum Gasteiger partial charge on any atom is -0.309 e. The number of benzene rings is 1. The molecule has 4 nitrogen and oxygen atoms in total. The molecule has 1 aliphatic rings. The van der Waals surface area contributed by atoms with Gasteiger partial charge in [-0.25, -0.2) is 4.98 Å². The molecule has 2 heterocycles. The summed E-state index contributed by atoms with van der Waals surface area (Å²) in [6, 6.07) is 9.84. The summed E-state index contributed by atoms with van der Waals surface area (Å²) in [6.07, 6.45) is 0. The first-order valence-corrected chi connectivity index (χ1v) is 5.99. The van der Waals surface area contributed by atoms with Crippen LogP contribution < -0.4 is 10.6 Å². The number of aromatic nitrogens is 1. The average Bonchev–Trinajstić information content (AvgIpc) is 2.85. The van der Waals surface area contributed by atoms with Gasteiger partial charge in [-0.2, -0.15) is 4.39 Å². The lowest BCUT2D eigenvalue weighted by Crippen LogP contribution is -2.13. The third-order valence-electron chi connectivity index (χ3n) is 3.06. The lowest BCUT2D eigenvalue weighted by atomic mass is 10.1. The summed E-state index contributed by atoms with van der Waals surface area (Å²) < 4.78 is 12.9. The van der Waals surface area contributed by atoms with Gasteiger partial charge in [0.25, 0.3) is 5.91 Å². The Labute approximate surface area is 109 Å². The van der Waals surface area contributed by atoms with Crippen molar-refractivity contribution in [2.24, 2.45) is 0 Å². The number of carbonyl (C=O) groups is 1. The van der Waals surface area contributed by atoms with Crippen molar-refractivity contribution in [1.82, 2.24) is 10.3 Å². The van der Waals surface area contributed by atoms with Crippen molar-refractivity contribution in [3.8, 4) is 0 Å². The van der Waals surface area contributed by atoms with Gasteiger partial charge in [0, 0.05) is 18.7 Å². The van der Waals surface area contributed by atoms with Crippen LogP contribution in [0, 0.1) is 5.95 Å². The molecule has 0 radical (unpaired) electrons. The van der Waals surface area contributed by atoms with E-state index in [0.29, 0.717) is 5.56 Å². The Kier molecular flexibility index (Phi) is 2.97. The van der Waals surface area contributed by atoms with Crippen LogP contribution in [0.3, 0.4) is 0 Å². The molecule has 0 atom stereocenters. The number of nitrogens with zero attached hydrogens (tertiary/aromatic N) is 1. The molecule has 5 heteroatoms. The molecule has 0 unspecified atom stereocenters. The third kappa shape index (κ3) is 2.46. The number of amides is 1. The molecule has 1 aliphatic heterocycles. The van der Waals surface area contributed by atoms with E-state index in [2.05, 4.69) is 15.6 Å². The van der Waals surface area contributed by atoms with E-state index in [9.17, 15) is 9.18 Å². The summed E-state index contributed by atoms with van der Waals surface area (Å²) in [4.78, 5) is 15.6. The van der Waals surface area contributed by atoms with Crippen molar-refractivity contribution in [3.05, 3.63) is 59.0 Å². The first-order chi connectivity index (χ1) is 9.22. The van der Waals surface area contributed by atoms with Gasteiger partial charge in [-0.3, -0.25) is 4.79 Å². The number of pyridine rings is 1. The van der Waals surface area contributed by atoms with Gasteiger partial charge < -0.3 is 10.6 Å². The van der Waals surface area contributed by atoms with E-state index in [1.807, 2.05) is 12.1 Å². The second-order valence-corrected chi connectivity index (χ2v) is 4.39. The number of nitrogens with one attached hydrogen (secondary N) is 2. The predicted molar refractivity (Wildman–Crippen MR) is 69.1 cm³/mol. The summed E-state index contributed by atoms with van der Waals surface area (Å²) in [5.41, 5.74) is 2.88. The maximum Gasteiger partial charge on any atom is 0.256 e. The van der Waals surface area contributed by atoms with E-state index in [4.69, 9.17) is 0 Å². The zero-order valence-corrected chi connectivity index (χ0v) is 10.1. The summed E-state index contributed by atoms with van der Waals surface area (Å²) in [5, 5.41) is 5.80. The predicted octanol–water partition coefficient (Wildman–Crippen LogP) is 2.08. The fraction of sp³-hybridized carbons (Fsp3) is 0.143. The molecule has 0 spiro atoms. The van der Waals surface area contributed by atoms with E-state index in [1.165, 1.54) is 17.7 Å². The molecule has 0 bridgehead atoms. The molecule has 1 amide bonds. The van der Waals surface area contributed by atoms with Gasteiger partial charge in [0.05, 0.1) is 0 Å². The van der Waals surface area contributed by atoms with Crippen LogP contribution in [0.5, 0.6) is 0 Å². The maximum absolute atomic E-state index is 12.9. The number of hydrogen-bond donors (Lipinski definition) is 2. The van der Waals surface area contributed by atoms with E-state index in [0.717, 1.165) is 18.7 Å². The fourth-order valence-electron chi connectivity index (χ4n) is 2.10. The molecule has 19 heavy (non-hydrogen) atoms. The van der Waals surface area contributed by atoms with Gasteiger partial charge in [-0.1, -0.05) is 12.1 Å². The SMILES string of the molecule is O=C(Nc1cccc(F)n1)c1ccc2c(c1)CNC2. The van der Waals surface area contributed by atoms with Crippen LogP contribution >= 0.6 is 0 Å². The number of anilines is 1. The lowest BCUT2D eigenvalue weighted by molar-refractivity contribution is 0.102. The Morgan fingerprint density at radius 2 is 2.05 bits per heavy atom. The summed E-state index contributed by atoms with van der Waals surface area (Å²) >= 11 is 0. The zero-order chi connectivity index (χ0) is 13.2. The van der Waals surface area contributed by atoms with Crippen LogP contribution in [-0.2, 0) is 13.1 Å². The molecule has 0 aliphatic carbocycles. The number of carbonyl (C=O) groups excluding carboxylic acids is 1. The molecule has 0 fully saturated rings. The average molecular weight is 257 g/mol. The fourth-order valence-corrected chi connectivity index (χ4v) is 2.10. The van der Waals surface area contributed by atoms with Gasteiger partial charge in [0.1, 0.15) is 5.82 Å². The second kappa shape index (κ2) is 4.78. The van der Waals surface area contributed by atoms with Gasteiger partial charge in [0.15, 0.2) is 0 Å². The molecule has 2 N–H and O–H groups in total. The quantitative estimate of drug-likeness (QED) is 0.810. The van der Waals surface area contributed by atoms with Crippen LogP contribution in [0.15, 0.2) is 36.4 Å². The molecule has 0 saturated heterocycles. The highest BCUT2D eigenvalue weighted by Gasteiger charge is 2.13. The van der Waals surface area contributed by atoms with Crippen LogP contribution in [0.2, 0.25) is 0 Å². The highest BCUT2D eigenvalue weighted by Crippen LogP contribution is 2.17. The van der Waals surface area contributed by atoms with Gasteiger partial charge in [-0.05, 0) is 35.4 Å². The van der Waals surface area contributed by atoms with E-state index in [-0.39, 0.29) is 11.7 Å². The van der Waals surface area contributed by atoms with Crippen molar-refractivity contribution in [3.63, 3.8) is 0 Å². The normalized spacial score (nSPS) is 13.1. The Balaban J connectivity index is 1.81. The molecule has 3 rings (SSSR count). The van der Waals surface area contributed by atoms with Crippen LogP contribution in [-0.4, -0.2) is 10.9 Å². The molecule has 1 aromatic carbocycles. The van der Waals surface area contributed by atoms with Crippen LogP contribution in [0.1, 0.15) is 21.5 Å². The Morgan fingerprint density at radius 3 is 2.89 bits per heavy atom. The lowest BCUT2D eigenvalue weighted by Gasteiger charge is -2.06. The number of rotatable bonds is 2. The number of hydrogen-bond acceptors (Lipinski definition) is 3. The molecular formula is C14H12FN3O. The smallest absolute Gasteiger partial charge is 0.256 e. The van der Waals surface area contributed by atoms with Crippen molar-refractivity contribution in [2.75, 3.05) is 5.32 Å². The third-order valence-corrected chi connectivity index (χ3v) is 3.06.